The maximum Gasteiger partial charge on any atom is 0.156 e. The summed E-state index contributed by atoms with van der Waals surface area (Å²) in [5.41, 5.74) is 0.502. The Bertz CT molecular complexity index is 539. The van der Waals surface area contributed by atoms with Gasteiger partial charge in [-0.1, -0.05) is 17.7 Å². The summed E-state index contributed by atoms with van der Waals surface area (Å²) in [4.78, 5) is 0. The van der Waals surface area contributed by atoms with E-state index in [1.165, 1.54) is 18.2 Å². The van der Waals surface area contributed by atoms with E-state index in [0.29, 0.717) is 12.2 Å². The van der Waals surface area contributed by atoms with Crippen molar-refractivity contribution in [2.75, 3.05) is 12.4 Å². The van der Waals surface area contributed by atoms with Crippen LogP contribution in [0.25, 0.3) is 0 Å². The van der Waals surface area contributed by atoms with E-state index in [-0.39, 0.29) is 22.6 Å². The van der Waals surface area contributed by atoms with Crippen molar-refractivity contribution in [3.8, 4) is 0 Å². The Kier molecular flexibility index (Phi) is 4.81. The highest BCUT2D eigenvalue weighted by Gasteiger charge is 2.22. The summed E-state index contributed by atoms with van der Waals surface area (Å²) >= 11 is 5.64. The molecule has 0 spiro atoms. The van der Waals surface area contributed by atoms with E-state index in [1.54, 1.807) is 0 Å². The van der Waals surface area contributed by atoms with Crippen LogP contribution in [0.2, 0.25) is 5.02 Å². The van der Waals surface area contributed by atoms with Crippen molar-refractivity contribution in [1.82, 2.24) is 0 Å². The summed E-state index contributed by atoms with van der Waals surface area (Å²) in [6.07, 6.45) is 2.56. The van der Waals surface area contributed by atoms with Gasteiger partial charge in [0.2, 0.25) is 0 Å². The quantitative estimate of drug-likeness (QED) is 0.859. The Morgan fingerprint density at radius 2 is 2.16 bits per heavy atom. The molecule has 1 aliphatic heterocycles. The van der Waals surface area contributed by atoms with E-state index < -0.39 is 15.7 Å². The monoisotopic (exact) mass is 306 g/mol. The summed E-state index contributed by atoms with van der Waals surface area (Å²) in [5.74, 6) is -0.659. The van der Waals surface area contributed by atoms with Gasteiger partial charge in [0.05, 0.1) is 22.6 Å². The molecule has 1 unspecified atom stereocenters. The molecule has 0 bridgehead atoms. The van der Waals surface area contributed by atoms with E-state index in [0.717, 1.165) is 19.3 Å². The van der Waals surface area contributed by atoms with Gasteiger partial charge in [-0.15, -0.1) is 0 Å². The fraction of sp³-hybridized carbons (Fsp3) is 0.538. The molecule has 1 aromatic rings. The molecule has 0 saturated carbocycles. The third-order valence-electron chi connectivity index (χ3n) is 3.08. The first-order chi connectivity index (χ1) is 8.96. The van der Waals surface area contributed by atoms with Gasteiger partial charge in [0.1, 0.15) is 5.82 Å². The lowest BCUT2D eigenvalue weighted by atomic mass is 10.1. The van der Waals surface area contributed by atoms with Crippen molar-refractivity contribution in [2.45, 2.75) is 31.1 Å². The molecule has 3 nitrogen and oxygen atoms in total. The van der Waals surface area contributed by atoms with Gasteiger partial charge < -0.3 is 4.74 Å². The Balaban J connectivity index is 2.01. The van der Waals surface area contributed by atoms with E-state index in [4.69, 9.17) is 16.3 Å². The van der Waals surface area contributed by atoms with Crippen molar-refractivity contribution >= 4 is 21.4 Å². The largest absolute Gasteiger partial charge is 0.377 e. The van der Waals surface area contributed by atoms with Crippen LogP contribution in [0.15, 0.2) is 18.2 Å². The van der Waals surface area contributed by atoms with Gasteiger partial charge in [0, 0.05) is 6.61 Å². The second-order valence-electron chi connectivity index (χ2n) is 4.79. The molecule has 1 saturated heterocycles. The first kappa shape index (κ1) is 14.8. The third kappa shape index (κ3) is 4.44. The molecular weight excluding hydrogens is 291 g/mol. The van der Waals surface area contributed by atoms with Crippen LogP contribution in [0.3, 0.4) is 0 Å². The second kappa shape index (κ2) is 6.20. The molecule has 19 heavy (non-hydrogen) atoms. The number of rotatable bonds is 4. The normalized spacial score (nSPS) is 20.4. The van der Waals surface area contributed by atoms with E-state index in [2.05, 4.69) is 0 Å². The lowest BCUT2D eigenvalue weighted by molar-refractivity contribution is 0.0305. The van der Waals surface area contributed by atoms with Crippen LogP contribution in [0.1, 0.15) is 24.8 Å². The highest BCUT2D eigenvalue weighted by Crippen LogP contribution is 2.20. The van der Waals surface area contributed by atoms with Crippen molar-refractivity contribution in [3.63, 3.8) is 0 Å². The molecule has 1 atom stereocenters. The Morgan fingerprint density at radius 3 is 2.79 bits per heavy atom. The Labute approximate surface area is 117 Å². The van der Waals surface area contributed by atoms with Gasteiger partial charge in [-0.05, 0) is 37.0 Å². The number of benzene rings is 1. The average molecular weight is 307 g/mol. The van der Waals surface area contributed by atoms with Gasteiger partial charge in [-0.2, -0.15) is 0 Å². The lowest BCUT2D eigenvalue weighted by Gasteiger charge is -2.22. The van der Waals surface area contributed by atoms with Gasteiger partial charge in [-0.3, -0.25) is 0 Å². The van der Waals surface area contributed by atoms with Gasteiger partial charge in [-0.25, -0.2) is 12.8 Å². The molecule has 1 heterocycles. The Hall–Kier alpha value is -0.650. The molecule has 1 fully saturated rings. The molecular formula is C13H16ClFO3S. The van der Waals surface area contributed by atoms with Crippen molar-refractivity contribution < 1.29 is 17.5 Å². The van der Waals surface area contributed by atoms with Crippen LogP contribution in [0.4, 0.5) is 4.39 Å². The molecule has 1 aliphatic rings. The summed E-state index contributed by atoms with van der Waals surface area (Å²) in [7, 11) is -3.27. The smallest absolute Gasteiger partial charge is 0.156 e. The van der Waals surface area contributed by atoms with Crippen molar-refractivity contribution in [2.24, 2.45) is 0 Å². The SMILES string of the molecule is O=S(=O)(Cc1ccc(F)c(Cl)c1)CC1CCCCO1. The van der Waals surface area contributed by atoms with Gasteiger partial charge in [0.25, 0.3) is 0 Å². The highest BCUT2D eigenvalue weighted by atomic mass is 35.5. The lowest BCUT2D eigenvalue weighted by Crippen LogP contribution is -2.28. The Morgan fingerprint density at radius 1 is 1.37 bits per heavy atom. The molecule has 6 heteroatoms. The fourth-order valence-corrected chi connectivity index (χ4v) is 4.00. The first-order valence-corrected chi connectivity index (χ1v) is 8.42. The molecule has 0 amide bonds. The van der Waals surface area contributed by atoms with Crippen LogP contribution in [-0.4, -0.2) is 26.9 Å². The average Bonchev–Trinajstić information content (AvgIpc) is 2.34. The maximum absolute atomic E-state index is 13.0. The molecule has 106 valence electrons. The zero-order valence-corrected chi connectivity index (χ0v) is 12.0. The molecule has 0 N–H and O–H groups in total. The molecule has 1 aromatic carbocycles. The zero-order valence-electron chi connectivity index (χ0n) is 10.4. The third-order valence-corrected chi connectivity index (χ3v) is 5.03. The number of hydrogen-bond donors (Lipinski definition) is 0. The highest BCUT2D eigenvalue weighted by molar-refractivity contribution is 7.90. The minimum Gasteiger partial charge on any atom is -0.377 e. The van der Waals surface area contributed by atoms with Crippen molar-refractivity contribution in [3.05, 3.63) is 34.6 Å². The summed E-state index contributed by atoms with van der Waals surface area (Å²) in [6.45, 7) is 0.628. The number of hydrogen-bond acceptors (Lipinski definition) is 3. The summed E-state index contributed by atoms with van der Waals surface area (Å²) in [5, 5.41) is -0.0541. The van der Waals surface area contributed by atoms with Gasteiger partial charge >= 0.3 is 0 Å². The van der Waals surface area contributed by atoms with Crippen molar-refractivity contribution in [1.29, 1.82) is 0 Å². The minimum absolute atomic E-state index is 0.0159. The van der Waals surface area contributed by atoms with E-state index in [9.17, 15) is 12.8 Å². The molecule has 0 aliphatic carbocycles. The zero-order chi connectivity index (χ0) is 13.9. The molecule has 2 rings (SSSR count). The van der Waals surface area contributed by atoms with Crippen LogP contribution in [0, 0.1) is 5.82 Å². The topological polar surface area (TPSA) is 43.4 Å². The maximum atomic E-state index is 13.0. The number of ether oxygens (including phenoxy) is 1. The van der Waals surface area contributed by atoms with Crippen LogP contribution >= 0.6 is 11.6 Å². The second-order valence-corrected chi connectivity index (χ2v) is 7.31. The first-order valence-electron chi connectivity index (χ1n) is 6.22. The number of sulfone groups is 1. The standard InChI is InChI=1S/C13H16ClFO3S/c14-12-7-10(4-5-13(12)15)8-19(16,17)9-11-3-1-2-6-18-11/h4-5,7,11H,1-3,6,8-9H2. The molecule has 0 radical (unpaired) electrons. The van der Waals surface area contributed by atoms with E-state index in [1.807, 2.05) is 0 Å². The van der Waals surface area contributed by atoms with Crippen LogP contribution in [-0.2, 0) is 20.3 Å². The van der Waals surface area contributed by atoms with E-state index >= 15 is 0 Å². The van der Waals surface area contributed by atoms with Crippen LogP contribution in [0.5, 0.6) is 0 Å². The summed E-state index contributed by atoms with van der Waals surface area (Å²) < 4.78 is 42.5. The predicted octanol–water partition coefficient (Wildman–Crippen LogP) is 2.96. The molecule has 0 aromatic heterocycles. The minimum atomic E-state index is -3.27. The predicted molar refractivity (Wildman–Crippen MR) is 72.5 cm³/mol. The van der Waals surface area contributed by atoms with Crippen LogP contribution < -0.4 is 0 Å². The number of halogens is 2. The van der Waals surface area contributed by atoms with Gasteiger partial charge in [0.15, 0.2) is 9.84 Å². The summed E-state index contributed by atoms with van der Waals surface area (Å²) in [6, 6.07) is 3.99. The fourth-order valence-electron chi connectivity index (χ4n) is 2.16.